The van der Waals surface area contributed by atoms with Crippen LogP contribution in [0.15, 0.2) is 59.7 Å². The summed E-state index contributed by atoms with van der Waals surface area (Å²) >= 11 is 0. The molecule has 0 aliphatic carbocycles. The molecule has 1 unspecified atom stereocenters. The molecule has 0 spiro atoms. The van der Waals surface area contributed by atoms with Crippen molar-refractivity contribution in [1.82, 2.24) is 10.3 Å². The van der Waals surface area contributed by atoms with E-state index in [-0.39, 0.29) is 30.3 Å². The first kappa shape index (κ1) is 20.1. The number of hydrazone groups is 1. The van der Waals surface area contributed by atoms with Gasteiger partial charge in [0.25, 0.3) is 5.91 Å². The van der Waals surface area contributed by atoms with Gasteiger partial charge in [0.15, 0.2) is 0 Å². The van der Waals surface area contributed by atoms with Crippen LogP contribution in [0, 0.1) is 0 Å². The standard InChI is InChI=1S/C21H23N5O3/c1-14(22-20(28)18-12-13-19(27)26(2)25-18)15-8-10-17(11-9-15)24-21(29)23-16-6-4-3-5-7-16/h3-11,14H,12-13H2,1-2H3,(H,22,28)(H2,23,24,29). The zero-order chi connectivity index (χ0) is 20.8. The van der Waals surface area contributed by atoms with Crippen molar-refractivity contribution in [3.63, 3.8) is 0 Å². The lowest BCUT2D eigenvalue weighted by molar-refractivity contribution is -0.130. The zero-order valence-corrected chi connectivity index (χ0v) is 16.3. The quantitative estimate of drug-likeness (QED) is 0.727. The van der Waals surface area contributed by atoms with E-state index in [0.717, 1.165) is 5.56 Å². The first-order valence-electron chi connectivity index (χ1n) is 9.30. The van der Waals surface area contributed by atoms with E-state index < -0.39 is 0 Å². The lowest BCUT2D eigenvalue weighted by Crippen LogP contribution is -2.38. The monoisotopic (exact) mass is 393 g/mol. The first-order chi connectivity index (χ1) is 13.9. The van der Waals surface area contributed by atoms with E-state index in [2.05, 4.69) is 21.1 Å². The largest absolute Gasteiger partial charge is 0.344 e. The number of amides is 4. The Labute approximate surface area is 169 Å². The van der Waals surface area contributed by atoms with E-state index in [1.54, 1.807) is 24.3 Å². The Hall–Kier alpha value is -3.68. The van der Waals surface area contributed by atoms with Gasteiger partial charge in [-0.25, -0.2) is 9.80 Å². The van der Waals surface area contributed by atoms with Crippen molar-refractivity contribution < 1.29 is 14.4 Å². The number of carbonyl (C=O) groups is 3. The SMILES string of the molecule is CC(NC(=O)C1=NN(C)C(=O)CC1)c1ccc(NC(=O)Nc2ccccc2)cc1. The van der Waals surface area contributed by atoms with Gasteiger partial charge < -0.3 is 16.0 Å². The minimum atomic E-state index is -0.334. The van der Waals surface area contributed by atoms with Gasteiger partial charge in [-0.3, -0.25) is 9.59 Å². The molecule has 0 radical (unpaired) electrons. The summed E-state index contributed by atoms with van der Waals surface area (Å²) in [7, 11) is 1.54. The van der Waals surface area contributed by atoms with Crippen molar-refractivity contribution in [2.75, 3.05) is 17.7 Å². The predicted molar refractivity (Wildman–Crippen MR) is 112 cm³/mol. The summed E-state index contributed by atoms with van der Waals surface area (Å²) < 4.78 is 0. The topological polar surface area (TPSA) is 103 Å². The normalized spacial score (nSPS) is 14.6. The third kappa shape index (κ3) is 5.41. The van der Waals surface area contributed by atoms with Crippen LogP contribution >= 0.6 is 0 Å². The maximum absolute atomic E-state index is 12.4. The molecule has 8 heteroatoms. The Morgan fingerprint density at radius 3 is 2.21 bits per heavy atom. The van der Waals surface area contributed by atoms with Crippen molar-refractivity contribution >= 4 is 34.9 Å². The van der Waals surface area contributed by atoms with Crippen molar-refractivity contribution in [3.05, 3.63) is 60.2 Å². The fraction of sp³-hybridized carbons (Fsp3) is 0.238. The number of nitrogens with one attached hydrogen (secondary N) is 3. The number of nitrogens with zero attached hydrogens (tertiary/aromatic N) is 2. The molecule has 2 aromatic rings. The second-order valence-corrected chi connectivity index (χ2v) is 6.73. The maximum Gasteiger partial charge on any atom is 0.323 e. The third-order valence-corrected chi connectivity index (χ3v) is 4.52. The van der Waals surface area contributed by atoms with Gasteiger partial charge in [0.2, 0.25) is 5.91 Å². The highest BCUT2D eigenvalue weighted by molar-refractivity contribution is 6.39. The summed E-state index contributed by atoms with van der Waals surface area (Å²) in [5.74, 6) is -0.393. The maximum atomic E-state index is 12.4. The molecule has 0 saturated carbocycles. The lowest BCUT2D eigenvalue weighted by atomic mass is 10.1. The third-order valence-electron chi connectivity index (χ3n) is 4.52. The summed E-state index contributed by atoms with van der Waals surface area (Å²) in [6, 6.07) is 15.8. The molecule has 29 heavy (non-hydrogen) atoms. The molecule has 3 rings (SSSR count). The van der Waals surface area contributed by atoms with E-state index in [1.807, 2.05) is 37.3 Å². The number of urea groups is 1. The van der Waals surface area contributed by atoms with Crippen molar-refractivity contribution in [1.29, 1.82) is 0 Å². The van der Waals surface area contributed by atoms with Crippen molar-refractivity contribution in [3.8, 4) is 0 Å². The van der Waals surface area contributed by atoms with Gasteiger partial charge in [0.05, 0.1) is 6.04 Å². The van der Waals surface area contributed by atoms with Crippen LogP contribution < -0.4 is 16.0 Å². The molecule has 8 nitrogen and oxygen atoms in total. The highest BCUT2D eigenvalue weighted by Crippen LogP contribution is 2.17. The van der Waals surface area contributed by atoms with Crippen LogP contribution in [0.2, 0.25) is 0 Å². The van der Waals surface area contributed by atoms with Crippen LogP contribution in [-0.4, -0.2) is 35.6 Å². The molecule has 1 atom stereocenters. The molecule has 1 aliphatic heterocycles. The fourth-order valence-corrected chi connectivity index (χ4v) is 2.87. The number of hydrogen-bond acceptors (Lipinski definition) is 4. The van der Waals surface area contributed by atoms with Crippen LogP contribution in [0.1, 0.15) is 31.4 Å². The molecule has 2 aromatic carbocycles. The number of anilines is 2. The van der Waals surface area contributed by atoms with Gasteiger partial charge in [-0.05, 0) is 36.8 Å². The Morgan fingerprint density at radius 1 is 0.966 bits per heavy atom. The summed E-state index contributed by atoms with van der Waals surface area (Å²) in [6.45, 7) is 1.86. The Balaban J connectivity index is 1.55. The summed E-state index contributed by atoms with van der Waals surface area (Å²) in [5.41, 5.74) is 2.57. The number of rotatable bonds is 5. The summed E-state index contributed by atoms with van der Waals surface area (Å²) in [4.78, 5) is 35.9. The second-order valence-electron chi connectivity index (χ2n) is 6.73. The van der Waals surface area contributed by atoms with E-state index in [4.69, 9.17) is 0 Å². The van der Waals surface area contributed by atoms with Crippen LogP contribution in [-0.2, 0) is 9.59 Å². The molecule has 0 aromatic heterocycles. The average Bonchev–Trinajstić information content (AvgIpc) is 2.71. The number of benzene rings is 2. The highest BCUT2D eigenvalue weighted by Gasteiger charge is 2.23. The van der Waals surface area contributed by atoms with Crippen LogP contribution in [0.4, 0.5) is 16.2 Å². The number of hydrogen-bond donors (Lipinski definition) is 3. The van der Waals surface area contributed by atoms with E-state index in [0.29, 0.717) is 23.5 Å². The number of para-hydroxylation sites is 1. The Kier molecular flexibility index (Phi) is 6.23. The van der Waals surface area contributed by atoms with Gasteiger partial charge in [0.1, 0.15) is 5.71 Å². The molecule has 150 valence electrons. The minimum Gasteiger partial charge on any atom is -0.344 e. The smallest absolute Gasteiger partial charge is 0.323 e. The molecule has 0 saturated heterocycles. The van der Waals surface area contributed by atoms with Gasteiger partial charge >= 0.3 is 6.03 Å². The van der Waals surface area contributed by atoms with Crippen molar-refractivity contribution in [2.24, 2.45) is 5.10 Å². The molecule has 1 aliphatic rings. The molecule has 1 heterocycles. The van der Waals surface area contributed by atoms with E-state index in [1.165, 1.54) is 12.1 Å². The zero-order valence-electron chi connectivity index (χ0n) is 16.3. The minimum absolute atomic E-state index is 0.103. The van der Waals surface area contributed by atoms with E-state index >= 15 is 0 Å². The van der Waals surface area contributed by atoms with Gasteiger partial charge in [-0.2, -0.15) is 5.10 Å². The molecule has 0 bridgehead atoms. The molecule has 0 fully saturated rings. The van der Waals surface area contributed by atoms with Crippen LogP contribution in [0.3, 0.4) is 0 Å². The summed E-state index contributed by atoms with van der Waals surface area (Å²) in [6.07, 6.45) is 0.615. The molecular formula is C21H23N5O3. The van der Waals surface area contributed by atoms with Crippen LogP contribution in [0.5, 0.6) is 0 Å². The lowest BCUT2D eigenvalue weighted by Gasteiger charge is -2.21. The first-order valence-corrected chi connectivity index (χ1v) is 9.30. The van der Waals surface area contributed by atoms with Gasteiger partial charge in [-0.1, -0.05) is 30.3 Å². The molecular weight excluding hydrogens is 370 g/mol. The van der Waals surface area contributed by atoms with E-state index in [9.17, 15) is 14.4 Å². The van der Waals surface area contributed by atoms with Crippen LogP contribution in [0.25, 0.3) is 0 Å². The number of carbonyl (C=O) groups excluding carboxylic acids is 3. The molecule has 4 amide bonds. The Bertz CT molecular complexity index is 925. The Morgan fingerprint density at radius 2 is 1.59 bits per heavy atom. The second kappa shape index (κ2) is 9.01. The average molecular weight is 393 g/mol. The van der Waals surface area contributed by atoms with Gasteiger partial charge in [-0.15, -0.1) is 0 Å². The van der Waals surface area contributed by atoms with Gasteiger partial charge in [0, 0.05) is 31.3 Å². The molecule has 3 N–H and O–H groups in total. The predicted octanol–water partition coefficient (Wildman–Crippen LogP) is 3.12. The summed E-state index contributed by atoms with van der Waals surface area (Å²) in [5, 5.41) is 13.6. The van der Waals surface area contributed by atoms with Crippen molar-refractivity contribution in [2.45, 2.75) is 25.8 Å². The fourth-order valence-electron chi connectivity index (χ4n) is 2.87. The highest BCUT2D eigenvalue weighted by atomic mass is 16.2.